The maximum Gasteiger partial charge on any atom is 0.136 e. The molecule has 9 aromatic rings. The second-order valence-corrected chi connectivity index (χ2v) is 13.5. The van der Waals surface area contributed by atoms with Crippen LogP contribution in [0.15, 0.2) is 180 Å². The van der Waals surface area contributed by atoms with Gasteiger partial charge in [0.2, 0.25) is 0 Å². The molecule has 1 aromatic heterocycles. The van der Waals surface area contributed by atoms with Crippen molar-refractivity contribution in [3.63, 3.8) is 0 Å². The highest BCUT2D eigenvalue weighted by atomic mass is 16.3. The Morgan fingerprint density at radius 3 is 1.78 bits per heavy atom. The first-order chi connectivity index (χ1) is 25.3. The zero-order valence-electron chi connectivity index (χ0n) is 28.1. The van der Waals surface area contributed by atoms with Crippen molar-refractivity contribution in [3.8, 4) is 55.6 Å². The monoisotopic (exact) mass is 650 g/mol. The van der Waals surface area contributed by atoms with Crippen LogP contribution in [0, 0.1) is 0 Å². The standard InChI is InChI=1S/C50H34O/c1-4-15-33(16-5-1)36-28-30-46-45(31-36)50-43(25-14-26-47(50)51-46)49-41-23-12-10-21-39(41)48(40-22-11-13-24-42(40)49)37-27-29-38(34-17-6-2-7-18-34)44(32-37)35-19-8-3-9-20-35/h1-12,14-23,25-32H,13,24H2. The molecule has 0 amide bonds. The summed E-state index contributed by atoms with van der Waals surface area (Å²) in [5, 5.41) is 4.87. The molecule has 0 atom stereocenters. The Morgan fingerprint density at radius 2 is 1.04 bits per heavy atom. The highest BCUT2D eigenvalue weighted by Crippen LogP contribution is 2.48. The summed E-state index contributed by atoms with van der Waals surface area (Å²) in [5.41, 5.74) is 17.0. The van der Waals surface area contributed by atoms with Gasteiger partial charge in [0.1, 0.15) is 11.2 Å². The van der Waals surface area contributed by atoms with Crippen LogP contribution < -0.4 is 0 Å². The van der Waals surface area contributed by atoms with Crippen LogP contribution >= 0.6 is 0 Å². The second kappa shape index (κ2) is 12.2. The molecule has 1 nitrogen and oxygen atoms in total. The summed E-state index contributed by atoms with van der Waals surface area (Å²) in [6.45, 7) is 0. The van der Waals surface area contributed by atoms with Crippen LogP contribution in [-0.4, -0.2) is 0 Å². The Morgan fingerprint density at radius 1 is 0.392 bits per heavy atom. The summed E-state index contributed by atoms with van der Waals surface area (Å²) < 4.78 is 6.54. The normalized spacial score (nSPS) is 12.5. The lowest BCUT2D eigenvalue weighted by Gasteiger charge is -2.24. The van der Waals surface area contributed by atoms with Gasteiger partial charge in [-0.05, 0) is 115 Å². The van der Waals surface area contributed by atoms with Gasteiger partial charge in [0.25, 0.3) is 0 Å². The molecule has 240 valence electrons. The predicted octanol–water partition coefficient (Wildman–Crippen LogP) is 14.0. The molecule has 0 spiro atoms. The number of hydrogen-bond acceptors (Lipinski definition) is 1. The highest BCUT2D eigenvalue weighted by molar-refractivity contribution is 6.19. The first-order valence-electron chi connectivity index (χ1n) is 17.8. The lowest BCUT2D eigenvalue weighted by molar-refractivity contribution is 0.669. The van der Waals surface area contributed by atoms with E-state index in [0.717, 1.165) is 29.4 Å². The van der Waals surface area contributed by atoms with Crippen LogP contribution in [0.1, 0.15) is 17.5 Å². The average molecular weight is 651 g/mol. The van der Waals surface area contributed by atoms with Gasteiger partial charge in [-0.2, -0.15) is 0 Å². The number of fused-ring (bicyclic) bond motifs is 5. The molecule has 8 aromatic carbocycles. The first-order valence-corrected chi connectivity index (χ1v) is 17.8. The number of rotatable bonds is 5. The minimum atomic E-state index is 0.916. The Labute approximate surface area is 297 Å². The second-order valence-electron chi connectivity index (χ2n) is 13.5. The molecule has 0 aliphatic heterocycles. The van der Waals surface area contributed by atoms with Crippen molar-refractivity contribution in [1.29, 1.82) is 0 Å². The third-order valence-electron chi connectivity index (χ3n) is 10.6. The van der Waals surface area contributed by atoms with Gasteiger partial charge in [0.05, 0.1) is 0 Å². The lowest BCUT2D eigenvalue weighted by atomic mass is 9.79. The summed E-state index contributed by atoms with van der Waals surface area (Å²) in [6.07, 6.45) is 6.72. The fourth-order valence-corrected chi connectivity index (χ4v) is 8.27. The molecule has 1 aliphatic carbocycles. The predicted molar refractivity (Wildman–Crippen MR) is 216 cm³/mol. The zero-order chi connectivity index (χ0) is 33.7. The molecule has 1 aliphatic rings. The van der Waals surface area contributed by atoms with Gasteiger partial charge in [-0.15, -0.1) is 0 Å². The minimum absolute atomic E-state index is 0.916. The van der Waals surface area contributed by atoms with Gasteiger partial charge in [-0.1, -0.05) is 158 Å². The van der Waals surface area contributed by atoms with Gasteiger partial charge < -0.3 is 4.42 Å². The zero-order valence-corrected chi connectivity index (χ0v) is 28.1. The van der Waals surface area contributed by atoms with Crippen LogP contribution in [0.3, 0.4) is 0 Å². The molecule has 0 N–H and O–H groups in total. The van der Waals surface area contributed by atoms with E-state index in [4.69, 9.17) is 4.42 Å². The van der Waals surface area contributed by atoms with Crippen molar-refractivity contribution in [2.45, 2.75) is 12.8 Å². The van der Waals surface area contributed by atoms with Crippen molar-refractivity contribution in [2.24, 2.45) is 0 Å². The van der Waals surface area contributed by atoms with Gasteiger partial charge in [0, 0.05) is 10.8 Å². The van der Waals surface area contributed by atoms with Crippen LogP contribution in [0.5, 0.6) is 0 Å². The smallest absolute Gasteiger partial charge is 0.136 e. The van der Waals surface area contributed by atoms with E-state index in [1.165, 1.54) is 82.9 Å². The third-order valence-corrected chi connectivity index (χ3v) is 10.6. The molecule has 0 unspecified atom stereocenters. The number of benzene rings is 8. The van der Waals surface area contributed by atoms with E-state index in [2.05, 4.69) is 182 Å². The summed E-state index contributed by atoms with van der Waals surface area (Å²) in [7, 11) is 0. The van der Waals surface area contributed by atoms with Crippen LogP contribution in [0.25, 0.3) is 94.4 Å². The molecule has 0 saturated carbocycles. The van der Waals surface area contributed by atoms with E-state index in [0.29, 0.717) is 0 Å². The Balaban J connectivity index is 1.25. The molecule has 0 bridgehead atoms. The Kier molecular flexibility index (Phi) is 7.03. The van der Waals surface area contributed by atoms with Gasteiger partial charge in [-0.25, -0.2) is 0 Å². The summed E-state index contributed by atoms with van der Waals surface area (Å²) in [5.74, 6) is 0. The molecule has 51 heavy (non-hydrogen) atoms. The molecule has 1 heteroatoms. The first kappa shape index (κ1) is 29.5. The quantitative estimate of drug-likeness (QED) is 0.181. The lowest BCUT2D eigenvalue weighted by Crippen LogP contribution is -2.03. The van der Waals surface area contributed by atoms with Gasteiger partial charge in [-0.3, -0.25) is 0 Å². The maximum absolute atomic E-state index is 6.54. The van der Waals surface area contributed by atoms with Crippen molar-refractivity contribution in [2.75, 3.05) is 0 Å². The molecule has 1 heterocycles. The fourth-order valence-electron chi connectivity index (χ4n) is 8.27. The van der Waals surface area contributed by atoms with E-state index in [1.807, 2.05) is 0 Å². The van der Waals surface area contributed by atoms with E-state index in [1.54, 1.807) is 0 Å². The number of hydrogen-bond donors (Lipinski definition) is 0. The summed E-state index contributed by atoms with van der Waals surface area (Å²) in [6, 6.07) is 61.4. The Hall–Kier alpha value is -6.44. The highest BCUT2D eigenvalue weighted by Gasteiger charge is 2.24. The topological polar surface area (TPSA) is 13.1 Å². The van der Waals surface area contributed by atoms with E-state index in [9.17, 15) is 0 Å². The SMILES string of the molecule is C1=Cc2c(c(-c3cccc4oc5ccc(-c6ccccc6)cc5c34)c3ccccc3c2-c2ccc(-c3ccccc3)c(-c3ccccc3)c2)CC1. The third kappa shape index (κ3) is 4.93. The van der Waals surface area contributed by atoms with Crippen LogP contribution in [0.4, 0.5) is 0 Å². The van der Waals surface area contributed by atoms with Gasteiger partial charge in [0.15, 0.2) is 0 Å². The van der Waals surface area contributed by atoms with Crippen LogP contribution in [0.2, 0.25) is 0 Å². The van der Waals surface area contributed by atoms with Crippen molar-refractivity contribution in [1.82, 2.24) is 0 Å². The van der Waals surface area contributed by atoms with E-state index < -0.39 is 0 Å². The van der Waals surface area contributed by atoms with E-state index in [-0.39, 0.29) is 0 Å². The van der Waals surface area contributed by atoms with Crippen molar-refractivity contribution >= 4 is 38.8 Å². The van der Waals surface area contributed by atoms with Gasteiger partial charge >= 0.3 is 0 Å². The summed E-state index contributed by atoms with van der Waals surface area (Å²) in [4.78, 5) is 0. The fraction of sp³-hybridized carbons (Fsp3) is 0.0400. The van der Waals surface area contributed by atoms with Crippen LogP contribution in [-0.2, 0) is 6.42 Å². The van der Waals surface area contributed by atoms with Crippen molar-refractivity contribution < 1.29 is 4.42 Å². The molecular weight excluding hydrogens is 617 g/mol. The molecular formula is C50H34O. The molecule has 0 fully saturated rings. The molecule has 0 saturated heterocycles. The largest absolute Gasteiger partial charge is 0.456 e. The maximum atomic E-state index is 6.54. The molecule has 0 radical (unpaired) electrons. The van der Waals surface area contributed by atoms with E-state index >= 15 is 0 Å². The number of allylic oxidation sites excluding steroid dienone is 1. The minimum Gasteiger partial charge on any atom is -0.456 e. The summed E-state index contributed by atoms with van der Waals surface area (Å²) >= 11 is 0. The van der Waals surface area contributed by atoms with Crippen molar-refractivity contribution in [3.05, 3.63) is 187 Å². The molecule has 10 rings (SSSR count). The Bertz CT molecular complexity index is 2770. The number of furan rings is 1. The average Bonchev–Trinajstić information content (AvgIpc) is 3.59.